The van der Waals surface area contributed by atoms with Gasteiger partial charge in [0, 0.05) is 19.2 Å². The van der Waals surface area contributed by atoms with Crippen molar-refractivity contribution in [1.29, 1.82) is 0 Å². The predicted octanol–water partition coefficient (Wildman–Crippen LogP) is 2.44. The van der Waals surface area contributed by atoms with Crippen molar-refractivity contribution in [2.24, 2.45) is 16.7 Å². The van der Waals surface area contributed by atoms with Crippen molar-refractivity contribution in [3.05, 3.63) is 0 Å². The van der Waals surface area contributed by atoms with Gasteiger partial charge in [0.25, 0.3) is 0 Å². The van der Waals surface area contributed by atoms with E-state index in [0.29, 0.717) is 22.9 Å². The van der Waals surface area contributed by atoms with Gasteiger partial charge in [0.2, 0.25) is 0 Å². The van der Waals surface area contributed by atoms with E-state index in [0.717, 1.165) is 12.5 Å². The van der Waals surface area contributed by atoms with Crippen LogP contribution in [0, 0.1) is 16.7 Å². The van der Waals surface area contributed by atoms with Crippen molar-refractivity contribution in [2.75, 3.05) is 13.7 Å². The van der Waals surface area contributed by atoms with Crippen LogP contribution in [0.4, 0.5) is 0 Å². The number of hydrogen-bond acceptors (Lipinski definition) is 2. The minimum atomic E-state index is 0.438. The lowest BCUT2D eigenvalue weighted by atomic mass is 10.0. The molecule has 2 aliphatic carbocycles. The summed E-state index contributed by atoms with van der Waals surface area (Å²) in [5.41, 5.74) is 0.877. The van der Waals surface area contributed by atoms with Crippen LogP contribution in [0.2, 0.25) is 0 Å². The van der Waals surface area contributed by atoms with Crippen LogP contribution < -0.4 is 5.32 Å². The van der Waals surface area contributed by atoms with Crippen LogP contribution in [-0.2, 0) is 4.74 Å². The van der Waals surface area contributed by atoms with E-state index in [1.165, 1.54) is 12.8 Å². The molecule has 2 saturated carbocycles. The zero-order valence-corrected chi connectivity index (χ0v) is 10.8. The van der Waals surface area contributed by atoms with Gasteiger partial charge in [-0.15, -0.1) is 0 Å². The van der Waals surface area contributed by atoms with Gasteiger partial charge in [-0.25, -0.2) is 0 Å². The summed E-state index contributed by atoms with van der Waals surface area (Å²) >= 11 is 0. The molecule has 2 rings (SSSR count). The molecule has 0 amide bonds. The molecule has 1 unspecified atom stereocenters. The number of nitrogens with one attached hydrogen (secondary N) is 1. The van der Waals surface area contributed by atoms with Gasteiger partial charge in [-0.3, -0.25) is 0 Å². The Hall–Kier alpha value is -0.0800. The maximum Gasteiger partial charge on any atom is 0.0618 e. The fourth-order valence-electron chi connectivity index (χ4n) is 2.83. The first-order valence-corrected chi connectivity index (χ1v) is 6.16. The lowest BCUT2D eigenvalue weighted by molar-refractivity contribution is 0.154. The fraction of sp³-hybridized carbons (Fsp3) is 1.00. The van der Waals surface area contributed by atoms with E-state index in [1.807, 2.05) is 0 Å². The molecule has 2 heteroatoms. The second-order valence-corrected chi connectivity index (χ2v) is 6.44. The molecular formula is C13H25NO. The smallest absolute Gasteiger partial charge is 0.0618 e. The van der Waals surface area contributed by atoms with Crippen LogP contribution in [0.3, 0.4) is 0 Å². The zero-order chi connectivity index (χ0) is 11.3. The van der Waals surface area contributed by atoms with Crippen molar-refractivity contribution in [3.63, 3.8) is 0 Å². The zero-order valence-electron chi connectivity index (χ0n) is 10.8. The van der Waals surface area contributed by atoms with E-state index in [9.17, 15) is 0 Å². The molecule has 88 valence electrons. The highest BCUT2D eigenvalue weighted by atomic mass is 16.5. The van der Waals surface area contributed by atoms with Gasteiger partial charge in [0.1, 0.15) is 0 Å². The van der Waals surface area contributed by atoms with Crippen molar-refractivity contribution in [1.82, 2.24) is 5.32 Å². The highest BCUT2D eigenvalue weighted by molar-refractivity contribution is 5.18. The molecule has 0 heterocycles. The monoisotopic (exact) mass is 211 g/mol. The molecule has 0 radical (unpaired) electrons. The van der Waals surface area contributed by atoms with Crippen LogP contribution in [0.15, 0.2) is 0 Å². The number of methoxy groups -OCH3 is 1. The molecule has 0 aromatic heterocycles. The molecule has 0 aliphatic heterocycles. The van der Waals surface area contributed by atoms with Crippen LogP contribution in [0.25, 0.3) is 0 Å². The highest BCUT2D eigenvalue weighted by Crippen LogP contribution is 2.63. The molecule has 2 aliphatic rings. The van der Waals surface area contributed by atoms with Gasteiger partial charge in [0.05, 0.1) is 6.61 Å². The Morgan fingerprint density at radius 3 is 2.07 bits per heavy atom. The molecule has 2 nitrogen and oxygen atoms in total. The normalized spacial score (nSPS) is 30.2. The Balaban J connectivity index is 1.91. The molecule has 0 spiro atoms. The van der Waals surface area contributed by atoms with Crippen molar-refractivity contribution in [3.8, 4) is 0 Å². The van der Waals surface area contributed by atoms with Gasteiger partial charge >= 0.3 is 0 Å². The van der Waals surface area contributed by atoms with Gasteiger partial charge < -0.3 is 10.1 Å². The Labute approximate surface area is 93.8 Å². The van der Waals surface area contributed by atoms with E-state index < -0.39 is 0 Å². The first kappa shape index (κ1) is 11.4. The lowest BCUT2D eigenvalue weighted by Crippen LogP contribution is -2.39. The molecule has 0 aromatic carbocycles. The second-order valence-electron chi connectivity index (χ2n) is 6.44. The van der Waals surface area contributed by atoms with Gasteiger partial charge in [-0.1, -0.05) is 27.7 Å². The molecule has 1 N–H and O–H groups in total. The summed E-state index contributed by atoms with van der Waals surface area (Å²) < 4.78 is 5.31. The third-order valence-electron chi connectivity index (χ3n) is 4.94. The number of ether oxygens (including phenoxy) is 1. The third-order valence-corrected chi connectivity index (χ3v) is 4.94. The summed E-state index contributed by atoms with van der Waals surface area (Å²) in [5.74, 6) is 0.872. The molecular weight excluding hydrogens is 186 g/mol. The van der Waals surface area contributed by atoms with E-state index in [4.69, 9.17) is 4.74 Å². The van der Waals surface area contributed by atoms with Crippen molar-refractivity contribution < 1.29 is 4.74 Å². The molecule has 0 bridgehead atoms. The third kappa shape index (κ3) is 1.83. The van der Waals surface area contributed by atoms with Crippen molar-refractivity contribution >= 4 is 0 Å². The summed E-state index contributed by atoms with van der Waals surface area (Å²) in [7, 11) is 1.81. The van der Waals surface area contributed by atoms with Crippen LogP contribution in [-0.4, -0.2) is 25.8 Å². The second kappa shape index (κ2) is 3.46. The van der Waals surface area contributed by atoms with Gasteiger partial charge in [-0.05, 0) is 29.6 Å². The van der Waals surface area contributed by atoms with Crippen LogP contribution >= 0.6 is 0 Å². The lowest BCUT2D eigenvalue weighted by Gasteiger charge is -2.18. The largest absolute Gasteiger partial charge is 0.383 e. The van der Waals surface area contributed by atoms with Crippen molar-refractivity contribution in [2.45, 2.75) is 52.6 Å². The van der Waals surface area contributed by atoms with E-state index >= 15 is 0 Å². The fourth-order valence-corrected chi connectivity index (χ4v) is 2.83. The molecule has 15 heavy (non-hydrogen) atoms. The maximum absolute atomic E-state index is 5.31. The Morgan fingerprint density at radius 2 is 1.73 bits per heavy atom. The number of rotatable bonds is 5. The molecule has 1 atom stereocenters. The van der Waals surface area contributed by atoms with Gasteiger partial charge in [-0.2, -0.15) is 0 Å². The topological polar surface area (TPSA) is 21.3 Å². The predicted molar refractivity (Wildman–Crippen MR) is 62.9 cm³/mol. The molecule has 0 aromatic rings. The van der Waals surface area contributed by atoms with E-state index in [2.05, 4.69) is 33.0 Å². The highest BCUT2D eigenvalue weighted by Gasteiger charge is 2.65. The average Bonchev–Trinajstić information content (AvgIpc) is 2.99. The summed E-state index contributed by atoms with van der Waals surface area (Å²) in [6.07, 6.45) is 2.77. The van der Waals surface area contributed by atoms with E-state index in [-0.39, 0.29) is 0 Å². The SMILES string of the molecule is COCC(NC1C(C)(C)C1(C)C)C1CC1. The standard InChI is InChI=1S/C13H25NO/c1-12(2)11(13(12,3)4)14-10(8-15-5)9-6-7-9/h9-11,14H,6-8H2,1-5H3. The van der Waals surface area contributed by atoms with Crippen LogP contribution in [0.5, 0.6) is 0 Å². The first-order valence-electron chi connectivity index (χ1n) is 6.16. The average molecular weight is 211 g/mol. The Bertz CT molecular complexity index is 229. The quantitative estimate of drug-likeness (QED) is 0.754. The summed E-state index contributed by atoms with van der Waals surface area (Å²) in [6, 6.07) is 1.24. The summed E-state index contributed by atoms with van der Waals surface area (Å²) in [6.45, 7) is 10.3. The van der Waals surface area contributed by atoms with Crippen LogP contribution in [0.1, 0.15) is 40.5 Å². The minimum absolute atomic E-state index is 0.438. The maximum atomic E-state index is 5.31. The first-order chi connectivity index (χ1) is 6.91. The molecule has 2 fully saturated rings. The van der Waals surface area contributed by atoms with E-state index in [1.54, 1.807) is 7.11 Å². The Morgan fingerprint density at radius 1 is 1.20 bits per heavy atom. The summed E-state index contributed by atoms with van der Waals surface area (Å²) in [5, 5.41) is 3.81. The van der Waals surface area contributed by atoms with Gasteiger partial charge in [0.15, 0.2) is 0 Å². The number of hydrogen-bond donors (Lipinski definition) is 1. The summed E-state index contributed by atoms with van der Waals surface area (Å²) in [4.78, 5) is 0. The minimum Gasteiger partial charge on any atom is -0.383 e. The Kier molecular flexibility index (Phi) is 2.63. The molecule has 0 saturated heterocycles.